The zero-order valence-corrected chi connectivity index (χ0v) is 20.7. The van der Waals surface area contributed by atoms with Gasteiger partial charge in [0.25, 0.3) is 0 Å². The summed E-state index contributed by atoms with van der Waals surface area (Å²) in [7, 11) is 0. The highest BCUT2D eigenvalue weighted by Gasteiger charge is 2.12. The zero-order chi connectivity index (χ0) is 25.8. The minimum absolute atomic E-state index is 0.0502. The van der Waals surface area contributed by atoms with Crippen LogP contribution in [0.4, 0.5) is 0 Å². The molecule has 0 fully saturated rings. The third-order valence-corrected chi connectivity index (χ3v) is 6.22. The summed E-state index contributed by atoms with van der Waals surface area (Å²) in [4.78, 5) is 25.2. The molecule has 0 atom stereocenters. The summed E-state index contributed by atoms with van der Waals surface area (Å²) >= 11 is 11.9. The van der Waals surface area contributed by atoms with Crippen LogP contribution in [0, 0.1) is 0 Å². The molecule has 37 heavy (non-hydrogen) atoms. The Labute approximate surface area is 222 Å². The molecule has 0 bridgehead atoms. The van der Waals surface area contributed by atoms with Crippen molar-refractivity contribution in [3.63, 3.8) is 0 Å². The van der Waals surface area contributed by atoms with Gasteiger partial charge in [-0.05, 0) is 59.2 Å². The highest BCUT2D eigenvalue weighted by atomic mass is 35.5. The lowest BCUT2D eigenvalue weighted by atomic mass is 10.1. The molecule has 0 aliphatic heterocycles. The van der Waals surface area contributed by atoms with E-state index in [1.54, 1.807) is 36.4 Å². The van der Waals surface area contributed by atoms with E-state index in [1.165, 1.54) is 30.5 Å². The molecule has 7 heteroatoms. The first-order valence-electron chi connectivity index (χ1n) is 11.2. The van der Waals surface area contributed by atoms with Gasteiger partial charge in [0.15, 0.2) is 0 Å². The van der Waals surface area contributed by atoms with Gasteiger partial charge in [0, 0.05) is 12.1 Å². The van der Waals surface area contributed by atoms with Crippen molar-refractivity contribution in [2.75, 3.05) is 0 Å². The molecule has 182 valence electrons. The first kappa shape index (κ1) is 24.4. The van der Waals surface area contributed by atoms with Gasteiger partial charge in [-0.3, -0.25) is 4.79 Å². The maximum absolute atomic E-state index is 12.9. The van der Waals surface area contributed by atoms with Crippen LogP contribution in [-0.4, -0.2) is 5.97 Å². The Morgan fingerprint density at radius 3 is 2.27 bits per heavy atom. The largest absolute Gasteiger partial charge is 0.460 e. The standard InChI is InChI=1S/C30H18Cl2O5/c31-25-14-6-19(16-26(25)32)7-15-29(33)37-23-12-13-24-27(17-23)35-18-28(30(24)34)36-22-10-8-21(9-11-22)20-4-2-1-3-5-20/h1-18H/b15-7+. The second-order valence-electron chi connectivity index (χ2n) is 8.01. The second-order valence-corrected chi connectivity index (χ2v) is 8.82. The number of ether oxygens (including phenoxy) is 2. The van der Waals surface area contributed by atoms with Crippen LogP contribution in [0.3, 0.4) is 0 Å². The average molecular weight is 529 g/mol. The molecule has 0 amide bonds. The topological polar surface area (TPSA) is 65.7 Å². The van der Waals surface area contributed by atoms with Crippen LogP contribution in [0.1, 0.15) is 5.56 Å². The minimum Gasteiger partial charge on any atom is -0.460 e. The fourth-order valence-electron chi connectivity index (χ4n) is 3.63. The van der Waals surface area contributed by atoms with Crippen molar-refractivity contribution in [3.8, 4) is 28.4 Å². The molecule has 5 nitrogen and oxygen atoms in total. The summed E-state index contributed by atoms with van der Waals surface area (Å²) in [6.45, 7) is 0. The lowest BCUT2D eigenvalue weighted by molar-refractivity contribution is -0.128. The highest BCUT2D eigenvalue weighted by molar-refractivity contribution is 6.42. The van der Waals surface area contributed by atoms with E-state index in [1.807, 2.05) is 42.5 Å². The SMILES string of the molecule is O=C(/C=C/c1ccc(Cl)c(Cl)c1)Oc1ccc2c(=O)c(Oc3ccc(-c4ccccc4)cc3)coc2c1. The molecule has 1 aromatic heterocycles. The Kier molecular flexibility index (Phi) is 7.08. The summed E-state index contributed by atoms with van der Waals surface area (Å²) in [5, 5.41) is 1.10. The number of halogens is 2. The highest BCUT2D eigenvalue weighted by Crippen LogP contribution is 2.27. The number of carbonyl (C=O) groups is 1. The number of hydrogen-bond acceptors (Lipinski definition) is 5. The minimum atomic E-state index is -0.605. The van der Waals surface area contributed by atoms with Crippen molar-refractivity contribution >= 4 is 46.2 Å². The van der Waals surface area contributed by atoms with Crippen LogP contribution in [-0.2, 0) is 4.79 Å². The van der Waals surface area contributed by atoms with Gasteiger partial charge in [0.1, 0.15) is 23.3 Å². The number of esters is 1. The number of rotatable bonds is 6. The van der Waals surface area contributed by atoms with E-state index in [0.717, 1.165) is 11.1 Å². The van der Waals surface area contributed by atoms with Crippen LogP contribution in [0.5, 0.6) is 17.2 Å². The van der Waals surface area contributed by atoms with Gasteiger partial charge in [-0.15, -0.1) is 0 Å². The van der Waals surface area contributed by atoms with Gasteiger partial charge in [-0.2, -0.15) is 0 Å². The number of fused-ring (bicyclic) bond motifs is 1. The Morgan fingerprint density at radius 1 is 0.784 bits per heavy atom. The molecule has 0 radical (unpaired) electrons. The van der Waals surface area contributed by atoms with E-state index in [0.29, 0.717) is 26.7 Å². The maximum Gasteiger partial charge on any atom is 0.336 e. The fourth-order valence-corrected chi connectivity index (χ4v) is 3.93. The Balaban J connectivity index is 1.29. The van der Waals surface area contributed by atoms with Gasteiger partial charge in [-0.1, -0.05) is 71.7 Å². The Bertz CT molecular complexity index is 1670. The number of benzene rings is 4. The molecule has 5 aromatic rings. The van der Waals surface area contributed by atoms with E-state index in [4.69, 9.17) is 37.1 Å². The van der Waals surface area contributed by atoms with Gasteiger partial charge < -0.3 is 13.9 Å². The van der Waals surface area contributed by atoms with Crippen molar-refractivity contribution in [2.24, 2.45) is 0 Å². The predicted octanol–water partition coefficient (Wildman–Crippen LogP) is 8.18. The smallest absolute Gasteiger partial charge is 0.336 e. The molecule has 0 unspecified atom stereocenters. The zero-order valence-electron chi connectivity index (χ0n) is 19.2. The maximum atomic E-state index is 12.9. The summed E-state index contributed by atoms with van der Waals surface area (Å²) < 4.78 is 16.7. The summed E-state index contributed by atoms with van der Waals surface area (Å²) in [6, 6.07) is 26.9. The molecule has 0 saturated carbocycles. The molecule has 0 aliphatic rings. The number of carbonyl (C=O) groups excluding carboxylic acids is 1. The van der Waals surface area contributed by atoms with Crippen LogP contribution >= 0.6 is 23.2 Å². The van der Waals surface area contributed by atoms with Gasteiger partial charge >= 0.3 is 5.97 Å². The first-order valence-corrected chi connectivity index (χ1v) is 12.0. The lowest BCUT2D eigenvalue weighted by Gasteiger charge is -2.08. The van der Waals surface area contributed by atoms with Crippen LogP contribution in [0.15, 0.2) is 113 Å². The fraction of sp³-hybridized carbons (Fsp3) is 0. The lowest BCUT2D eigenvalue weighted by Crippen LogP contribution is -2.06. The van der Waals surface area contributed by atoms with E-state index in [9.17, 15) is 9.59 Å². The Hall–Kier alpha value is -4.32. The summed E-state index contributed by atoms with van der Waals surface area (Å²) in [5.41, 5.74) is 2.73. The van der Waals surface area contributed by atoms with Crippen LogP contribution < -0.4 is 14.9 Å². The summed E-state index contributed by atoms with van der Waals surface area (Å²) in [5.74, 6) is 0.177. The van der Waals surface area contributed by atoms with Crippen molar-refractivity contribution in [2.45, 2.75) is 0 Å². The van der Waals surface area contributed by atoms with E-state index >= 15 is 0 Å². The molecule has 0 spiro atoms. The predicted molar refractivity (Wildman–Crippen MR) is 146 cm³/mol. The van der Waals surface area contributed by atoms with Crippen LogP contribution in [0.2, 0.25) is 10.0 Å². The van der Waals surface area contributed by atoms with Crippen molar-refractivity contribution in [1.29, 1.82) is 0 Å². The molecule has 0 N–H and O–H groups in total. The third-order valence-electron chi connectivity index (χ3n) is 5.48. The molecular weight excluding hydrogens is 511 g/mol. The van der Waals surface area contributed by atoms with E-state index in [-0.39, 0.29) is 22.5 Å². The van der Waals surface area contributed by atoms with Crippen LogP contribution in [0.25, 0.3) is 28.2 Å². The molecule has 4 aromatic carbocycles. The molecule has 1 heterocycles. The quantitative estimate of drug-likeness (QED) is 0.126. The molecule has 5 rings (SSSR count). The van der Waals surface area contributed by atoms with E-state index < -0.39 is 5.97 Å². The van der Waals surface area contributed by atoms with Crippen molar-refractivity contribution < 1.29 is 18.7 Å². The van der Waals surface area contributed by atoms with Gasteiger partial charge in [0.05, 0.1) is 15.4 Å². The van der Waals surface area contributed by atoms with Gasteiger partial charge in [-0.25, -0.2) is 4.79 Å². The Morgan fingerprint density at radius 2 is 1.51 bits per heavy atom. The molecular formula is C30H18Cl2O5. The molecule has 0 aliphatic carbocycles. The van der Waals surface area contributed by atoms with E-state index in [2.05, 4.69) is 0 Å². The summed E-state index contributed by atoms with van der Waals surface area (Å²) in [6.07, 6.45) is 4.06. The molecule has 0 saturated heterocycles. The third kappa shape index (κ3) is 5.75. The van der Waals surface area contributed by atoms with Gasteiger partial charge in [0.2, 0.25) is 11.2 Å². The van der Waals surface area contributed by atoms with Crippen molar-refractivity contribution in [3.05, 3.63) is 129 Å². The second kappa shape index (κ2) is 10.7. The average Bonchev–Trinajstić information content (AvgIpc) is 2.92. The number of hydrogen-bond donors (Lipinski definition) is 0. The first-order chi connectivity index (χ1) is 18.0. The van der Waals surface area contributed by atoms with Crippen molar-refractivity contribution in [1.82, 2.24) is 0 Å². The normalized spacial score (nSPS) is 11.1. The monoisotopic (exact) mass is 528 g/mol.